The summed E-state index contributed by atoms with van der Waals surface area (Å²) in [5, 5.41) is -7.28. The van der Waals surface area contributed by atoms with Gasteiger partial charge in [-0.1, -0.05) is 0 Å². The third kappa shape index (κ3) is 2.70. The van der Waals surface area contributed by atoms with Crippen molar-refractivity contribution in [1.82, 2.24) is 0 Å². The Labute approximate surface area is 113 Å². The van der Waals surface area contributed by atoms with Crippen LogP contribution in [0.25, 0.3) is 0 Å². The molecule has 22 heavy (non-hydrogen) atoms. The van der Waals surface area contributed by atoms with Crippen LogP contribution >= 0.6 is 0 Å². The molecule has 0 fully saturated rings. The summed E-state index contributed by atoms with van der Waals surface area (Å²) in [6, 6.07) is 0. The maximum absolute atomic E-state index is 12.8. The highest BCUT2D eigenvalue weighted by Crippen LogP contribution is 2.58. The van der Waals surface area contributed by atoms with Gasteiger partial charge in [0.2, 0.25) is 0 Å². The second kappa shape index (κ2) is 5.33. The fourth-order valence-electron chi connectivity index (χ4n) is 0.884. The van der Waals surface area contributed by atoms with E-state index in [-0.39, 0.29) is 0 Å². The highest BCUT2D eigenvalue weighted by Gasteiger charge is 2.89. The summed E-state index contributed by atoms with van der Waals surface area (Å²) in [6.45, 7) is -2.90. The molecular formula is C6H3F11O4S. The number of alkyl halides is 11. The molecule has 0 rings (SSSR count). The van der Waals surface area contributed by atoms with Gasteiger partial charge in [0.15, 0.2) is 6.86 Å². The molecule has 0 saturated heterocycles. The average Bonchev–Trinajstić information content (AvgIpc) is 2.26. The molecule has 0 spiro atoms. The van der Waals surface area contributed by atoms with Crippen molar-refractivity contribution in [3.63, 3.8) is 0 Å². The molecule has 0 saturated carbocycles. The van der Waals surface area contributed by atoms with Crippen molar-refractivity contribution in [2.45, 2.75) is 29.1 Å². The number of hydrogen-bond donors (Lipinski definition) is 1. The van der Waals surface area contributed by atoms with Gasteiger partial charge in [-0.2, -0.15) is 52.3 Å². The van der Waals surface area contributed by atoms with Crippen LogP contribution in [0.5, 0.6) is 0 Å². The van der Waals surface area contributed by atoms with Crippen molar-refractivity contribution in [1.29, 1.82) is 0 Å². The summed E-state index contributed by atoms with van der Waals surface area (Å²) >= 11 is 0. The summed E-state index contributed by atoms with van der Waals surface area (Å²) in [4.78, 5) is 0. The van der Waals surface area contributed by atoms with Gasteiger partial charge in [-0.15, -0.1) is 0 Å². The lowest BCUT2D eigenvalue weighted by Gasteiger charge is -2.37. The minimum Gasteiger partial charge on any atom is -0.283 e. The van der Waals surface area contributed by atoms with Gasteiger partial charge in [0.05, 0.1) is 0 Å². The minimum atomic E-state index is -7.78. The maximum Gasteiger partial charge on any atom is 0.438 e. The van der Waals surface area contributed by atoms with Crippen molar-refractivity contribution in [2.75, 3.05) is 6.86 Å². The fourth-order valence-corrected chi connectivity index (χ4v) is 1.34. The molecule has 0 amide bonds. The second-order valence-electron chi connectivity index (χ2n) is 3.49. The molecule has 0 bridgehead atoms. The third-order valence-electron chi connectivity index (χ3n) is 2.08. The van der Waals surface area contributed by atoms with Crippen LogP contribution in [0.3, 0.4) is 0 Å². The van der Waals surface area contributed by atoms with E-state index in [1.807, 2.05) is 0 Å². The van der Waals surface area contributed by atoms with Crippen LogP contribution in [-0.2, 0) is 14.9 Å². The Hall–Kier alpha value is -0.900. The molecule has 0 atom stereocenters. The standard InChI is InChI=1S/C6H3F11O4S/c7-1-21-5(14,15)3(10,11)2(8,9)4(12,13)6(16,17)22(18,19)20/h1H2,(H,18,19,20). The molecule has 0 aromatic rings. The van der Waals surface area contributed by atoms with E-state index in [2.05, 4.69) is 4.74 Å². The van der Waals surface area contributed by atoms with Gasteiger partial charge in [-0.25, -0.2) is 4.39 Å². The Morgan fingerprint density at radius 2 is 1.14 bits per heavy atom. The van der Waals surface area contributed by atoms with E-state index in [9.17, 15) is 56.7 Å². The zero-order chi connectivity index (χ0) is 18.4. The van der Waals surface area contributed by atoms with E-state index in [4.69, 9.17) is 4.55 Å². The predicted octanol–water partition coefficient (Wildman–Crippen LogP) is 2.91. The lowest BCUT2D eigenvalue weighted by molar-refractivity contribution is -0.442. The average molecular weight is 380 g/mol. The normalized spacial score (nSPS) is 16.0. The Morgan fingerprint density at radius 1 is 0.773 bits per heavy atom. The van der Waals surface area contributed by atoms with Crippen LogP contribution in [0.1, 0.15) is 0 Å². The topological polar surface area (TPSA) is 63.6 Å². The molecule has 0 aliphatic heterocycles. The Morgan fingerprint density at radius 3 is 1.41 bits per heavy atom. The molecule has 134 valence electrons. The van der Waals surface area contributed by atoms with Gasteiger partial charge >= 0.3 is 39.2 Å². The molecule has 1 N–H and O–H groups in total. The first kappa shape index (κ1) is 21.1. The van der Waals surface area contributed by atoms with Gasteiger partial charge in [0.25, 0.3) is 0 Å². The first-order chi connectivity index (χ1) is 9.31. The summed E-state index contributed by atoms with van der Waals surface area (Å²) in [7, 11) is -7.42. The highest BCUT2D eigenvalue weighted by molar-refractivity contribution is 7.87. The van der Waals surface area contributed by atoms with Crippen molar-refractivity contribution in [3.05, 3.63) is 0 Å². The lowest BCUT2D eigenvalue weighted by Crippen LogP contribution is -2.69. The second-order valence-corrected chi connectivity index (χ2v) is 4.95. The Bertz CT molecular complexity index is 513. The largest absolute Gasteiger partial charge is 0.438 e. The molecule has 0 aliphatic rings. The zero-order valence-corrected chi connectivity index (χ0v) is 10.3. The van der Waals surface area contributed by atoms with Crippen LogP contribution in [-0.4, -0.2) is 49.0 Å². The lowest BCUT2D eigenvalue weighted by atomic mass is 10.0. The van der Waals surface area contributed by atoms with Crippen molar-refractivity contribution in [3.8, 4) is 0 Å². The van der Waals surface area contributed by atoms with E-state index in [1.165, 1.54) is 0 Å². The molecule has 16 heteroatoms. The predicted molar refractivity (Wildman–Crippen MR) is 43.3 cm³/mol. The third-order valence-corrected chi connectivity index (χ3v) is 2.98. The summed E-state index contributed by atoms with van der Waals surface area (Å²) in [5.74, 6) is -23.0. The number of hydrogen-bond acceptors (Lipinski definition) is 3. The van der Waals surface area contributed by atoms with Crippen LogP contribution in [0.2, 0.25) is 0 Å². The van der Waals surface area contributed by atoms with Crippen molar-refractivity contribution >= 4 is 10.1 Å². The van der Waals surface area contributed by atoms with Gasteiger partial charge in [0, 0.05) is 0 Å². The fraction of sp³-hybridized carbons (Fsp3) is 1.00. The molecule has 4 nitrogen and oxygen atoms in total. The number of halogens is 11. The van der Waals surface area contributed by atoms with E-state index < -0.39 is 46.1 Å². The van der Waals surface area contributed by atoms with E-state index in [0.717, 1.165) is 0 Å². The van der Waals surface area contributed by atoms with Gasteiger partial charge in [-0.05, 0) is 0 Å². The zero-order valence-electron chi connectivity index (χ0n) is 9.44. The highest BCUT2D eigenvalue weighted by atomic mass is 32.2. The van der Waals surface area contributed by atoms with Crippen molar-refractivity contribution < 1.29 is 66.0 Å². The summed E-state index contributed by atoms with van der Waals surface area (Å²) in [5.41, 5.74) is 0. The Kier molecular flexibility index (Phi) is 5.11. The molecule has 0 aliphatic carbocycles. The smallest absolute Gasteiger partial charge is 0.283 e. The SMILES string of the molecule is O=S(=O)(O)C(F)(F)C(F)(F)C(F)(F)C(F)(F)C(F)(F)OCF. The quantitative estimate of drug-likeness (QED) is 0.545. The molecule has 0 aromatic carbocycles. The first-order valence-corrected chi connectivity index (χ1v) is 5.81. The van der Waals surface area contributed by atoms with Gasteiger partial charge in [0.1, 0.15) is 0 Å². The monoisotopic (exact) mass is 380 g/mol. The van der Waals surface area contributed by atoms with Gasteiger partial charge in [-0.3, -0.25) is 9.29 Å². The number of ether oxygens (including phenoxy) is 1. The summed E-state index contributed by atoms with van der Waals surface area (Å²) in [6.07, 6.45) is -6.72. The Balaban J connectivity index is 6.23. The first-order valence-electron chi connectivity index (χ1n) is 4.37. The van der Waals surface area contributed by atoms with E-state index >= 15 is 0 Å². The van der Waals surface area contributed by atoms with Crippen LogP contribution in [0.15, 0.2) is 0 Å². The van der Waals surface area contributed by atoms with E-state index in [0.29, 0.717) is 0 Å². The maximum atomic E-state index is 12.8. The molecule has 0 aromatic heterocycles. The number of rotatable bonds is 7. The molecule has 0 heterocycles. The summed E-state index contributed by atoms with van der Waals surface area (Å²) < 4.78 is 167. The van der Waals surface area contributed by atoms with E-state index in [1.54, 1.807) is 0 Å². The minimum absolute atomic E-state index is 2.15. The van der Waals surface area contributed by atoms with Gasteiger partial charge < -0.3 is 0 Å². The van der Waals surface area contributed by atoms with Crippen LogP contribution in [0.4, 0.5) is 48.3 Å². The molecular weight excluding hydrogens is 377 g/mol. The molecule has 0 radical (unpaired) electrons. The van der Waals surface area contributed by atoms with Crippen molar-refractivity contribution in [2.24, 2.45) is 0 Å². The molecule has 0 unspecified atom stereocenters. The van der Waals surface area contributed by atoms with Crippen LogP contribution in [0, 0.1) is 0 Å². The van der Waals surface area contributed by atoms with Crippen LogP contribution < -0.4 is 0 Å².